The number of carbonyl (C=O) groups excluding carboxylic acids is 4. The largest absolute Gasteiger partial charge is 0.294 e. The van der Waals surface area contributed by atoms with Crippen LogP contribution < -0.4 is 0 Å². The highest BCUT2D eigenvalue weighted by Crippen LogP contribution is 2.16. The topological polar surface area (TPSA) is 68.3 Å². The van der Waals surface area contributed by atoms with E-state index in [4.69, 9.17) is 0 Å². The Morgan fingerprint density at radius 2 is 0.703 bits per heavy atom. The van der Waals surface area contributed by atoms with Crippen LogP contribution in [0.1, 0.15) is 79.6 Å². The van der Waals surface area contributed by atoms with Gasteiger partial charge in [0.1, 0.15) is 0 Å². The van der Waals surface area contributed by atoms with Gasteiger partial charge in [-0.15, -0.1) is 0 Å². The van der Waals surface area contributed by atoms with Crippen molar-refractivity contribution in [2.24, 2.45) is 0 Å². The average molecular weight is 491 g/mol. The molecule has 0 aliphatic carbocycles. The molecule has 4 rings (SSSR count). The van der Waals surface area contributed by atoms with Crippen molar-refractivity contribution in [3.63, 3.8) is 0 Å². The molecule has 0 radical (unpaired) electrons. The zero-order chi connectivity index (χ0) is 26.6. The molecule has 0 bridgehead atoms. The quantitative estimate of drug-likeness (QED) is 0.181. The van der Waals surface area contributed by atoms with Gasteiger partial charge >= 0.3 is 0 Å². The molecule has 4 heteroatoms. The molecular formula is C33H30O4. The molecule has 0 aliphatic rings. The summed E-state index contributed by atoms with van der Waals surface area (Å²) in [5, 5.41) is 0. The van der Waals surface area contributed by atoms with Crippen molar-refractivity contribution >= 4 is 23.1 Å². The van der Waals surface area contributed by atoms with Crippen LogP contribution in [0, 0.1) is 0 Å². The van der Waals surface area contributed by atoms with Gasteiger partial charge in [-0.05, 0) is 11.5 Å². The average Bonchev–Trinajstić information content (AvgIpc) is 2.94. The van der Waals surface area contributed by atoms with E-state index in [1.165, 1.54) is 5.56 Å². The third-order valence-electron chi connectivity index (χ3n) is 5.83. The smallest absolute Gasteiger partial charge is 0.170 e. The summed E-state index contributed by atoms with van der Waals surface area (Å²) in [5.74, 6) is -0.110. The fraction of sp³-hybridized carbons (Fsp3) is 0.152. The van der Waals surface area contributed by atoms with Crippen molar-refractivity contribution in [3.05, 3.63) is 143 Å². The highest BCUT2D eigenvalue weighted by molar-refractivity contribution is 6.14. The van der Waals surface area contributed by atoms with Crippen LogP contribution in [0.25, 0.3) is 0 Å². The van der Waals surface area contributed by atoms with Crippen LogP contribution in [0.2, 0.25) is 0 Å². The Balaban J connectivity index is 0.000000208. The zero-order valence-corrected chi connectivity index (χ0v) is 21.1. The molecule has 186 valence electrons. The van der Waals surface area contributed by atoms with Gasteiger partial charge in [-0.2, -0.15) is 0 Å². The molecule has 0 aromatic heterocycles. The second kappa shape index (κ2) is 13.6. The molecule has 0 amide bonds. The molecule has 0 atom stereocenters. The van der Waals surface area contributed by atoms with E-state index in [9.17, 15) is 19.2 Å². The summed E-state index contributed by atoms with van der Waals surface area (Å²) in [6, 6.07) is 34.2. The van der Waals surface area contributed by atoms with Crippen LogP contribution in [-0.4, -0.2) is 23.1 Å². The van der Waals surface area contributed by atoms with E-state index >= 15 is 0 Å². The number of rotatable bonds is 9. The second-order valence-electron chi connectivity index (χ2n) is 8.92. The molecule has 0 aliphatic heterocycles. The minimum absolute atomic E-state index is 0.0754. The Kier molecular flexibility index (Phi) is 9.98. The number of benzene rings is 4. The van der Waals surface area contributed by atoms with Crippen LogP contribution in [-0.2, 0) is 0 Å². The Labute approximate surface area is 218 Å². The van der Waals surface area contributed by atoms with Gasteiger partial charge in [-0.3, -0.25) is 19.2 Å². The van der Waals surface area contributed by atoms with Gasteiger partial charge in [-0.25, -0.2) is 0 Å². The summed E-state index contributed by atoms with van der Waals surface area (Å²) in [4.78, 5) is 47.7. The van der Waals surface area contributed by atoms with Gasteiger partial charge in [0, 0.05) is 22.3 Å². The highest BCUT2D eigenvalue weighted by atomic mass is 16.2. The molecule has 0 spiro atoms. The lowest BCUT2D eigenvalue weighted by molar-refractivity contribution is 0.0878. The van der Waals surface area contributed by atoms with E-state index in [0.717, 1.165) is 0 Å². The molecule has 0 heterocycles. The summed E-state index contributed by atoms with van der Waals surface area (Å²) in [6.07, 6.45) is -0.154. The Bertz CT molecular complexity index is 1270. The monoisotopic (exact) mass is 490 g/mol. The van der Waals surface area contributed by atoms with Crippen molar-refractivity contribution < 1.29 is 19.2 Å². The van der Waals surface area contributed by atoms with E-state index in [-0.39, 0.29) is 36.0 Å². The van der Waals surface area contributed by atoms with E-state index in [0.29, 0.717) is 28.2 Å². The molecule has 0 saturated heterocycles. The maximum Gasteiger partial charge on any atom is 0.170 e. The maximum atomic E-state index is 12.1. The number of hydrogen-bond donors (Lipinski definition) is 0. The van der Waals surface area contributed by atoms with Crippen LogP contribution in [0.4, 0.5) is 0 Å². The molecule has 4 aromatic rings. The molecular weight excluding hydrogens is 460 g/mol. The van der Waals surface area contributed by atoms with Crippen molar-refractivity contribution in [1.82, 2.24) is 0 Å². The normalized spacial score (nSPS) is 10.2. The summed E-state index contributed by atoms with van der Waals surface area (Å²) < 4.78 is 0. The number of ketones is 4. The van der Waals surface area contributed by atoms with Gasteiger partial charge < -0.3 is 0 Å². The Hall–Kier alpha value is -4.44. The van der Waals surface area contributed by atoms with Crippen LogP contribution >= 0.6 is 0 Å². The Morgan fingerprint density at radius 3 is 0.973 bits per heavy atom. The summed E-state index contributed by atoms with van der Waals surface area (Å²) in [5.41, 5.74) is 3.53. The number of carbonyl (C=O) groups is 4. The first kappa shape index (κ1) is 27.2. The van der Waals surface area contributed by atoms with Gasteiger partial charge in [0.2, 0.25) is 0 Å². The SMILES string of the molecule is CC(C)c1ccc(C(=O)CC(=O)c2ccccc2)cc1.O=C(CC(=O)c1ccccc1)c1ccccc1. The minimum atomic E-state index is -0.139. The van der Waals surface area contributed by atoms with Gasteiger partial charge in [0.25, 0.3) is 0 Å². The highest BCUT2D eigenvalue weighted by Gasteiger charge is 2.14. The first-order valence-electron chi connectivity index (χ1n) is 12.2. The first-order valence-corrected chi connectivity index (χ1v) is 12.2. The third-order valence-corrected chi connectivity index (χ3v) is 5.83. The third kappa shape index (κ3) is 8.32. The van der Waals surface area contributed by atoms with Crippen molar-refractivity contribution in [2.45, 2.75) is 32.6 Å². The predicted octanol–water partition coefficient (Wildman–Crippen LogP) is 7.41. The first-order chi connectivity index (χ1) is 17.8. The summed E-state index contributed by atoms with van der Waals surface area (Å²) >= 11 is 0. The molecule has 37 heavy (non-hydrogen) atoms. The lowest BCUT2D eigenvalue weighted by Crippen LogP contribution is -2.08. The van der Waals surface area contributed by atoms with Gasteiger partial charge in [0.15, 0.2) is 23.1 Å². The molecule has 0 saturated carbocycles. The summed E-state index contributed by atoms with van der Waals surface area (Å²) in [7, 11) is 0. The Morgan fingerprint density at radius 1 is 0.432 bits per heavy atom. The summed E-state index contributed by atoms with van der Waals surface area (Å²) in [6.45, 7) is 4.21. The molecule has 0 N–H and O–H groups in total. The zero-order valence-electron chi connectivity index (χ0n) is 21.1. The van der Waals surface area contributed by atoms with E-state index in [2.05, 4.69) is 13.8 Å². The van der Waals surface area contributed by atoms with Crippen LogP contribution in [0.5, 0.6) is 0 Å². The van der Waals surface area contributed by atoms with E-state index in [1.807, 2.05) is 30.3 Å². The molecule has 4 aromatic carbocycles. The van der Waals surface area contributed by atoms with Crippen molar-refractivity contribution in [2.75, 3.05) is 0 Å². The van der Waals surface area contributed by atoms with Crippen LogP contribution in [0.3, 0.4) is 0 Å². The van der Waals surface area contributed by atoms with E-state index < -0.39 is 0 Å². The minimum Gasteiger partial charge on any atom is -0.294 e. The fourth-order valence-corrected chi connectivity index (χ4v) is 3.63. The van der Waals surface area contributed by atoms with Gasteiger partial charge in [-0.1, -0.05) is 129 Å². The lowest BCUT2D eigenvalue weighted by Gasteiger charge is -2.06. The fourth-order valence-electron chi connectivity index (χ4n) is 3.63. The standard InChI is InChI=1S/C18H18O2.C15H12O2/c1-13(2)14-8-10-16(11-9-14)18(20)12-17(19)15-6-4-3-5-7-15;16-14(12-7-3-1-4-8-12)11-15(17)13-9-5-2-6-10-13/h3-11,13H,12H2,1-2H3;1-10H,11H2. The maximum absolute atomic E-state index is 12.1. The molecule has 4 nitrogen and oxygen atoms in total. The molecule has 0 unspecified atom stereocenters. The number of hydrogen-bond acceptors (Lipinski definition) is 4. The predicted molar refractivity (Wildman–Crippen MR) is 146 cm³/mol. The van der Waals surface area contributed by atoms with Crippen LogP contribution in [0.15, 0.2) is 115 Å². The van der Waals surface area contributed by atoms with Crippen molar-refractivity contribution in [3.8, 4) is 0 Å². The van der Waals surface area contributed by atoms with Crippen molar-refractivity contribution in [1.29, 1.82) is 0 Å². The van der Waals surface area contributed by atoms with E-state index in [1.54, 1.807) is 84.9 Å². The number of Topliss-reactive ketones (excluding diaryl/α,β-unsaturated/α-hetero) is 4. The molecule has 0 fully saturated rings. The second-order valence-corrected chi connectivity index (χ2v) is 8.92. The lowest BCUT2D eigenvalue weighted by atomic mass is 9.98. The van der Waals surface area contributed by atoms with Gasteiger partial charge in [0.05, 0.1) is 12.8 Å².